The highest BCUT2D eigenvalue weighted by atomic mass is 16.5. The van der Waals surface area contributed by atoms with Gasteiger partial charge in [0, 0.05) is 5.54 Å². The van der Waals surface area contributed by atoms with Crippen molar-refractivity contribution in [3.8, 4) is 5.75 Å². The Hall–Kier alpha value is -1.06. The molecular formula is C18H31NO2. The van der Waals surface area contributed by atoms with Crippen molar-refractivity contribution >= 4 is 0 Å². The molecular weight excluding hydrogens is 262 g/mol. The minimum absolute atomic E-state index is 0.241. The Balaban J connectivity index is 2.91. The number of hydrogen-bond donors (Lipinski definition) is 1. The molecule has 0 radical (unpaired) electrons. The van der Waals surface area contributed by atoms with Crippen LogP contribution in [0.25, 0.3) is 0 Å². The van der Waals surface area contributed by atoms with Crippen LogP contribution in [0, 0.1) is 0 Å². The van der Waals surface area contributed by atoms with Crippen molar-refractivity contribution < 1.29 is 9.84 Å². The van der Waals surface area contributed by atoms with Crippen molar-refractivity contribution in [3.05, 3.63) is 29.8 Å². The summed E-state index contributed by atoms with van der Waals surface area (Å²) in [6.07, 6.45) is 1.41. The average molecular weight is 293 g/mol. The third-order valence-corrected chi connectivity index (χ3v) is 4.46. The molecule has 1 aromatic carbocycles. The number of hydrogen-bond acceptors (Lipinski definition) is 3. The smallest absolute Gasteiger partial charge is 0.119 e. The van der Waals surface area contributed by atoms with Crippen LogP contribution >= 0.6 is 0 Å². The molecule has 0 spiro atoms. The lowest BCUT2D eigenvalue weighted by Crippen LogP contribution is -2.50. The molecule has 0 aliphatic heterocycles. The largest absolute Gasteiger partial charge is 0.494 e. The molecule has 2 atom stereocenters. The summed E-state index contributed by atoms with van der Waals surface area (Å²) in [5.74, 6) is 0.869. The molecule has 0 heterocycles. The van der Waals surface area contributed by atoms with Crippen molar-refractivity contribution in [1.29, 1.82) is 0 Å². The summed E-state index contributed by atoms with van der Waals surface area (Å²) in [5.41, 5.74) is 0.713. The van der Waals surface area contributed by atoms with Crippen molar-refractivity contribution in [3.63, 3.8) is 0 Å². The first kappa shape index (κ1) is 18.0. The van der Waals surface area contributed by atoms with Crippen LogP contribution in [0.15, 0.2) is 24.3 Å². The number of aliphatic hydroxyl groups is 1. The van der Waals surface area contributed by atoms with E-state index in [0.29, 0.717) is 0 Å². The zero-order valence-corrected chi connectivity index (χ0v) is 14.2. The van der Waals surface area contributed by atoms with E-state index in [1.165, 1.54) is 0 Å². The highest BCUT2D eigenvalue weighted by Crippen LogP contribution is 2.34. The maximum atomic E-state index is 10.9. The van der Waals surface area contributed by atoms with Gasteiger partial charge >= 0.3 is 0 Å². The van der Waals surface area contributed by atoms with Crippen molar-refractivity contribution in [2.75, 3.05) is 19.7 Å². The summed E-state index contributed by atoms with van der Waals surface area (Å²) in [7, 11) is 0. The second-order valence-corrected chi connectivity index (χ2v) is 5.70. The van der Waals surface area contributed by atoms with E-state index in [1.807, 2.05) is 24.3 Å². The Bertz CT molecular complexity index is 400. The van der Waals surface area contributed by atoms with E-state index in [1.54, 1.807) is 0 Å². The summed E-state index contributed by atoms with van der Waals surface area (Å²) in [5, 5.41) is 10.9. The summed E-state index contributed by atoms with van der Waals surface area (Å²) in [6, 6.07) is 7.86. The lowest BCUT2D eigenvalue weighted by atomic mass is 9.85. The SMILES string of the molecule is CCCOc1ccc(C(O)C(C)(CC)N(CC)CC)cc1. The average Bonchev–Trinajstić information content (AvgIpc) is 2.53. The maximum absolute atomic E-state index is 10.9. The van der Waals surface area contributed by atoms with E-state index in [-0.39, 0.29) is 5.54 Å². The third kappa shape index (κ3) is 4.21. The molecule has 3 heteroatoms. The molecule has 1 N–H and O–H groups in total. The highest BCUT2D eigenvalue weighted by Gasteiger charge is 2.36. The summed E-state index contributed by atoms with van der Waals surface area (Å²) in [6.45, 7) is 13.3. The van der Waals surface area contributed by atoms with Crippen LogP contribution < -0.4 is 4.74 Å². The Kier molecular flexibility index (Phi) is 7.20. The van der Waals surface area contributed by atoms with Crippen LogP contribution in [-0.2, 0) is 0 Å². The fraction of sp³-hybridized carbons (Fsp3) is 0.667. The van der Waals surface area contributed by atoms with E-state index in [4.69, 9.17) is 4.74 Å². The summed E-state index contributed by atoms with van der Waals surface area (Å²) in [4.78, 5) is 2.33. The fourth-order valence-electron chi connectivity index (χ4n) is 2.86. The first-order valence-corrected chi connectivity index (χ1v) is 8.19. The van der Waals surface area contributed by atoms with Crippen LogP contribution in [0.3, 0.4) is 0 Å². The molecule has 2 unspecified atom stereocenters. The minimum atomic E-state index is -0.498. The molecule has 1 aromatic rings. The molecule has 120 valence electrons. The first-order valence-electron chi connectivity index (χ1n) is 8.19. The minimum Gasteiger partial charge on any atom is -0.494 e. The van der Waals surface area contributed by atoms with Gasteiger partial charge in [0.1, 0.15) is 5.75 Å². The van der Waals surface area contributed by atoms with E-state index in [0.717, 1.165) is 43.9 Å². The van der Waals surface area contributed by atoms with Gasteiger partial charge in [-0.1, -0.05) is 39.8 Å². The summed E-state index contributed by atoms with van der Waals surface area (Å²) < 4.78 is 5.60. The molecule has 0 bridgehead atoms. The number of nitrogens with zero attached hydrogens (tertiary/aromatic N) is 1. The van der Waals surface area contributed by atoms with Crippen LogP contribution in [0.1, 0.15) is 59.1 Å². The number of aliphatic hydroxyl groups excluding tert-OH is 1. The van der Waals surface area contributed by atoms with Crippen molar-refractivity contribution in [1.82, 2.24) is 4.90 Å². The van der Waals surface area contributed by atoms with Gasteiger partial charge in [-0.2, -0.15) is 0 Å². The van der Waals surface area contributed by atoms with Gasteiger partial charge in [-0.05, 0) is 50.6 Å². The normalized spacial score (nSPS) is 15.8. The molecule has 21 heavy (non-hydrogen) atoms. The zero-order chi connectivity index (χ0) is 15.9. The quantitative estimate of drug-likeness (QED) is 0.746. The van der Waals surface area contributed by atoms with Crippen molar-refractivity contribution in [2.24, 2.45) is 0 Å². The Morgan fingerprint density at radius 3 is 2.10 bits per heavy atom. The predicted molar refractivity (Wildman–Crippen MR) is 88.8 cm³/mol. The Labute approximate surface area is 129 Å². The van der Waals surface area contributed by atoms with E-state index in [9.17, 15) is 5.11 Å². The standard InChI is InChI=1S/C18H31NO2/c1-6-14-21-16-12-10-15(11-13-16)17(20)18(5,7-2)19(8-3)9-4/h10-13,17,20H,6-9,14H2,1-5H3. The van der Waals surface area contributed by atoms with Crippen LogP contribution in [0.4, 0.5) is 0 Å². The first-order chi connectivity index (χ1) is 10.0. The molecule has 0 fully saturated rings. The van der Waals surface area contributed by atoms with Gasteiger partial charge in [0.25, 0.3) is 0 Å². The van der Waals surface area contributed by atoms with E-state index >= 15 is 0 Å². The van der Waals surface area contributed by atoms with Crippen LogP contribution in [0.5, 0.6) is 5.75 Å². The van der Waals surface area contributed by atoms with Gasteiger partial charge in [0.2, 0.25) is 0 Å². The molecule has 0 aromatic heterocycles. The van der Waals surface area contributed by atoms with Gasteiger partial charge in [-0.15, -0.1) is 0 Å². The van der Waals surface area contributed by atoms with Gasteiger partial charge in [-0.3, -0.25) is 4.90 Å². The monoisotopic (exact) mass is 293 g/mol. The summed E-state index contributed by atoms with van der Waals surface area (Å²) >= 11 is 0. The lowest BCUT2D eigenvalue weighted by molar-refractivity contribution is -0.0213. The third-order valence-electron chi connectivity index (χ3n) is 4.46. The van der Waals surface area contributed by atoms with Gasteiger partial charge in [0.05, 0.1) is 12.7 Å². The highest BCUT2D eigenvalue weighted by molar-refractivity contribution is 5.30. The molecule has 0 amide bonds. The number of ether oxygens (including phenoxy) is 1. The lowest BCUT2D eigenvalue weighted by Gasteiger charge is -2.43. The molecule has 3 nitrogen and oxygen atoms in total. The van der Waals surface area contributed by atoms with Crippen LogP contribution in [0.2, 0.25) is 0 Å². The molecule has 0 saturated carbocycles. The van der Waals surface area contributed by atoms with Crippen molar-refractivity contribution in [2.45, 2.75) is 59.1 Å². The molecule has 0 saturated heterocycles. The predicted octanol–water partition coefficient (Wildman–Crippen LogP) is 4.02. The number of benzene rings is 1. The number of rotatable bonds is 9. The Morgan fingerprint density at radius 1 is 1.10 bits per heavy atom. The zero-order valence-electron chi connectivity index (χ0n) is 14.2. The fourth-order valence-corrected chi connectivity index (χ4v) is 2.86. The topological polar surface area (TPSA) is 32.7 Å². The maximum Gasteiger partial charge on any atom is 0.119 e. The van der Waals surface area contributed by atoms with Gasteiger partial charge in [-0.25, -0.2) is 0 Å². The second kappa shape index (κ2) is 8.40. The van der Waals surface area contributed by atoms with Crippen LogP contribution in [-0.4, -0.2) is 35.2 Å². The number of likely N-dealkylation sites (N-methyl/N-ethyl adjacent to an activating group) is 1. The van der Waals surface area contributed by atoms with Gasteiger partial charge < -0.3 is 9.84 Å². The van der Waals surface area contributed by atoms with Gasteiger partial charge in [0.15, 0.2) is 0 Å². The Morgan fingerprint density at radius 2 is 1.67 bits per heavy atom. The molecule has 1 rings (SSSR count). The van der Waals surface area contributed by atoms with E-state index < -0.39 is 6.10 Å². The second-order valence-electron chi connectivity index (χ2n) is 5.70. The van der Waals surface area contributed by atoms with E-state index in [2.05, 4.69) is 39.5 Å². The molecule has 0 aliphatic rings. The molecule has 0 aliphatic carbocycles.